The van der Waals surface area contributed by atoms with Crippen LogP contribution in [0.15, 0.2) is 12.1 Å². The summed E-state index contributed by atoms with van der Waals surface area (Å²) in [5, 5.41) is 12.7. The van der Waals surface area contributed by atoms with Crippen molar-refractivity contribution in [2.24, 2.45) is 11.7 Å². The van der Waals surface area contributed by atoms with Gasteiger partial charge in [0, 0.05) is 32.2 Å². The van der Waals surface area contributed by atoms with Crippen molar-refractivity contribution in [3.05, 3.63) is 18.0 Å². The summed E-state index contributed by atoms with van der Waals surface area (Å²) >= 11 is 0. The fraction of sp³-hybridized carbons (Fsp3) is 0.625. The Morgan fingerprint density at radius 1 is 1.17 bits per heavy atom. The van der Waals surface area contributed by atoms with E-state index in [4.69, 9.17) is 5.73 Å². The van der Waals surface area contributed by atoms with Crippen LogP contribution in [0, 0.1) is 12.8 Å². The molecule has 1 aliphatic carbocycles. The summed E-state index contributed by atoms with van der Waals surface area (Å²) in [6.07, 6.45) is 2.98. The van der Waals surface area contributed by atoms with Gasteiger partial charge in [-0.1, -0.05) is 6.42 Å². The number of carbonyl (C=O) groups excluding carboxylic acids is 1. The SMILES string of the molecule is Cc1nnc2ccc(N3CCN(C(=O)[C@H]4CCC[C@@H]4N)CC3)nn12. The molecule has 1 amide bonds. The lowest BCUT2D eigenvalue weighted by Crippen LogP contribution is -2.52. The minimum absolute atomic E-state index is 0.0192. The number of aryl methyl sites for hydroxylation is 1. The number of piperazine rings is 1. The van der Waals surface area contributed by atoms with E-state index < -0.39 is 0 Å². The van der Waals surface area contributed by atoms with Crippen molar-refractivity contribution in [2.45, 2.75) is 32.2 Å². The third kappa shape index (κ3) is 2.60. The first-order valence-corrected chi connectivity index (χ1v) is 8.62. The van der Waals surface area contributed by atoms with Gasteiger partial charge in [0.2, 0.25) is 5.91 Å². The fourth-order valence-corrected chi connectivity index (χ4v) is 3.74. The summed E-state index contributed by atoms with van der Waals surface area (Å²) in [5.74, 6) is 1.93. The minimum atomic E-state index is 0.0192. The molecule has 2 atom stereocenters. The molecule has 2 aliphatic rings. The number of anilines is 1. The molecule has 1 aliphatic heterocycles. The van der Waals surface area contributed by atoms with E-state index in [0.29, 0.717) is 0 Å². The van der Waals surface area contributed by atoms with Gasteiger partial charge in [0.15, 0.2) is 11.5 Å². The monoisotopic (exact) mass is 329 g/mol. The molecule has 2 aromatic heterocycles. The van der Waals surface area contributed by atoms with Crippen molar-refractivity contribution in [1.29, 1.82) is 0 Å². The zero-order valence-corrected chi connectivity index (χ0v) is 13.9. The zero-order valence-electron chi connectivity index (χ0n) is 13.9. The van der Waals surface area contributed by atoms with Crippen molar-refractivity contribution >= 4 is 17.4 Å². The van der Waals surface area contributed by atoms with Gasteiger partial charge >= 0.3 is 0 Å². The Bertz CT molecular complexity index is 750. The molecular formula is C16H23N7O. The number of aromatic nitrogens is 4. The van der Waals surface area contributed by atoms with Gasteiger partial charge < -0.3 is 15.5 Å². The normalized spacial score (nSPS) is 24.8. The van der Waals surface area contributed by atoms with Crippen LogP contribution in [0.1, 0.15) is 25.1 Å². The Balaban J connectivity index is 1.43. The number of hydrogen-bond acceptors (Lipinski definition) is 6. The Labute approximate surface area is 140 Å². The smallest absolute Gasteiger partial charge is 0.227 e. The van der Waals surface area contributed by atoms with Gasteiger partial charge in [-0.05, 0) is 31.9 Å². The molecule has 8 heteroatoms. The summed E-state index contributed by atoms with van der Waals surface area (Å²) in [5.41, 5.74) is 6.83. The average Bonchev–Trinajstić information content (AvgIpc) is 3.20. The maximum Gasteiger partial charge on any atom is 0.227 e. The molecule has 2 fully saturated rings. The first kappa shape index (κ1) is 15.3. The van der Waals surface area contributed by atoms with Crippen LogP contribution < -0.4 is 10.6 Å². The molecule has 0 aromatic carbocycles. The van der Waals surface area contributed by atoms with Crippen molar-refractivity contribution in [3.63, 3.8) is 0 Å². The van der Waals surface area contributed by atoms with E-state index in [1.165, 1.54) is 0 Å². The van der Waals surface area contributed by atoms with Crippen LogP contribution in [0.2, 0.25) is 0 Å². The molecule has 0 unspecified atom stereocenters. The number of fused-ring (bicyclic) bond motifs is 1. The van der Waals surface area contributed by atoms with Gasteiger partial charge in [-0.2, -0.15) is 4.52 Å². The van der Waals surface area contributed by atoms with Crippen LogP contribution in [0.5, 0.6) is 0 Å². The van der Waals surface area contributed by atoms with E-state index >= 15 is 0 Å². The van der Waals surface area contributed by atoms with Gasteiger partial charge in [0.05, 0.1) is 5.92 Å². The number of amides is 1. The van der Waals surface area contributed by atoms with Gasteiger partial charge in [0.25, 0.3) is 0 Å². The summed E-state index contributed by atoms with van der Waals surface area (Å²) in [6, 6.07) is 3.93. The lowest BCUT2D eigenvalue weighted by molar-refractivity contribution is -0.136. The molecule has 1 saturated heterocycles. The van der Waals surface area contributed by atoms with Crippen molar-refractivity contribution in [3.8, 4) is 0 Å². The number of nitrogens with zero attached hydrogens (tertiary/aromatic N) is 6. The minimum Gasteiger partial charge on any atom is -0.352 e. The summed E-state index contributed by atoms with van der Waals surface area (Å²) in [6.45, 7) is 4.91. The highest BCUT2D eigenvalue weighted by Crippen LogP contribution is 2.26. The maximum atomic E-state index is 12.6. The number of nitrogens with two attached hydrogens (primary N) is 1. The second kappa shape index (κ2) is 6.01. The standard InChI is InChI=1S/C16H23N7O/c1-11-18-19-14-5-6-15(20-23(11)14)21-7-9-22(10-8-21)16(24)12-3-2-4-13(12)17/h5-6,12-13H,2-4,7-10,17H2,1H3/t12-,13-/m0/s1. The van der Waals surface area contributed by atoms with Crippen LogP contribution >= 0.6 is 0 Å². The molecular weight excluding hydrogens is 306 g/mol. The lowest BCUT2D eigenvalue weighted by atomic mass is 10.0. The Kier molecular flexibility index (Phi) is 3.84. The molecule has 2 aromatic rings. The van der Waals surface area contributed by atoms with E-state index in [-0.39, 0.29) is 17.9 Å². The van der Waals surface area contributed by atoms with Crippen LogP contribution in [-0.2, 0) is 4.79 Å². The first-order chi connectivity index (χ1) is 11.6. The van der Waals surface area contributed by atoms with Crippen molar-refractivity contribution in [1.82, 2.24) is 24.7 Å². The Morgan fingerprint density at radius 3 is 2.67 bits per heavy atom. The van der Waals surface area contributed by atoms with E-state index in [0.717, 1.165) is 62.7 Å². The van der Waals surface area contributed by atoms with E-state index in [1.54, 1.807) is 4.52 Å². The third-order valence-corrected chi connectivity index (χ3v) is 5.21. The highest BCUT2D eigenvalue weighted by molar-refractivity contribution is 5.80. The lowest BCUT2D eigenvalue weighted by Gasteiger charge is -2.37. The van der Waals surface area contributed by atoms with Crippen molar-refractivity contribution < 1.29 is 4.79 Å². The molecule has 0 bridgehead atoms. The molecule has 1 saturated carbocycles. The highest BCUT2D eigenvalue weighted by atomic mass is 16.2. The quantitative estimate of drug-likeness (QED) is 0.847. The maximum absolute atomic E-state index is 12.6. The molecule has 0 spiro atoms. The van der Waals surface area contributed by atoms with Gasteiger partial charge in [-0.15, -0.1) is 15.3 Å². The van der Waals surface area contributed by atoms with E-state index in [9.17, 15) is 4.79 Å². The second-order valence-electron chi connectivity index (χ2n) is 6.72. The molecule has 3 heterocycles. The number of carbonyl (C=O) groups is 1. The predicted octanol–water partition coefficient (Wildman–Crippen LogP) is 0.209. The van der Waals surface area contributed by atoms with Crippen LogP contribution in [0.4, 0.5) is 5.82 Å². The summed E-state index contributed by atoms with van der Waals surface area (Å²) < 4.78 is 1.75. The van der Waals surface area contributed by atoms with E-state index in [1.807, 2.05) is 24.0 Å². The first-order valence-electron chi connectivity index (χ1n) is 8.62. The Morgan fingerprint density at radius 2 is 1.96 bits per heavy atom. The summed E-state index contributed by atoms with van der Waals surface area (Å²) in [4.78, 5) is 16.8. The van der Waals surface area contributed by atoms with E-state index in [2.05, 4.69) is 20.2 Å². The largest absolute Gasteiger partial charge is 0.352 e. The Hall–Kier alpha value is -2.22. The third-order valence-electron chi connectivity index (χ3n) is 5.21. The molecule has 128 valence electrons. The zero-order chi connectivity index (χ0) is 16.7. The van der Waals surface area contributed by atoms with Crippen LogP contribution in [-0.4, -0.2) is 62.8 Å². The number of hydrogen-bond donors (Lipinski definition) is 1. The van der Waals surface area contributed by atoms with Gasteiger partial charge in [-0.25, -0.2) is 0 Å². The second-order valence-corrected chi connectivity index (χ2v) is 6.72. The number of rotatable bonds is 2. The summed E-state index contributed by atoms with van der Waals surface area (Å²) in [7, 11) is 0. The van der Waals surface area contributed by atoms with Gasteiger partial charge in [0.1, 0.15) is 5.82 Å². The van der Waals surface area contributed by atoms with Crippen LogP contribution in [0.25, 0.3) is 5.65 Å². The van der Waals surface area contributed by atoms with Gasteiger partial charge in [-0.3, -0.25) is 4.79 Å². The molecule has 0 radical (unpaired) electrons. The molecule has 2 N–H and O–H groups in total. The topological polar surface area (TPSA) is 92.7 Å². The molecule has 4 rings (SSSR count). The highest BCUT2D eigenvalue weighted by Gasteiger charge is 2.34. The fourth-order valence-electron chi connectivity index (χ4n) is 3.74. The molecule has 8 nitrogen and oxygen atoms in total. The van der Waals surface area contributed by atoms with Crippen LogP contribution in [0.3, 0.4) is 0 Å². The van der Waals surface area contributed by atoms with Crippen molar-refractivity contribution in [2.75, 3.05) is 31.1 Å². The average molecular weight is 329 g/mol. The molecule has 24 heavy (non-hydrogen) atoms. The predicted molar refractivity (Wildman–Crippen MR) is 89.6 cm³/mol.